The maximum Gasteiger partial charge on any atom is 0.240 e. The fourth-order valence-corrected chi connectivity index (χ4v) is 7.54. The van der Waals surface area contributed by atoms with Crippen molar-refractivity contribution in [3.63, 3.8) is 0 Å². The summed E-state index contributed by atoms with van der Waals surface area (Å²) in [5.74, 6) is -2.14. The number of anilines is 1. The fourth-order valence-electron chi connectivity index (χ4n) is 7.54. The highest BCUT2D eigenvalue weighted by molar-refractivity contribution is 5.99. The van der Waals surface area contributed by atoms with Gasteiger partial charge < -0.3 is 26.0 Å². The largest absolute Gasteiger partial charge is 0.393 e. The van der Waals surface area contributed by atoms with E-state index in [1.165, 1.54) is 16.0 Å². The van der Waals surface area contributed by atoms with Crippen LogP contribution in [0.4, 0.5) is 5.69 Å². The Balaban J connectivity index is 1.34. The molecule has 0 aromatic heterocycles. The third kappa shape index (κ3) is 7.47. The molecule has 246 valence electrons. The molecule has 3 aromatic carbocycles. The van der Waals surface area contributed by atoms with Gasteiger partial charge in [0.25, 0.3) is 0 Å². The fraction of sp³-hybridized carbons (Fsp3) is 0.421. The number of fused-ring (bicyclic) bond motifs is 2. The Bertz CT molecular complexity index is 1620. The van der Waals surface area contributed by atoms with Crippen LogP contribution in [0.2, 0.25) is 0 Å². The second-order valence-corrected chi connectivity index (χ2v) is 13.2. The standard InChI is InChI=1S/C38H44N4O5/c39-37(46)33-24-28-9-4-5-12-31(28)36(42(33)35(45)16-15-34(44)26-7-2-1-3-8-26)32(19-22-41-20-17-30(43)18-21-41)38(47)40-29-14-13-25-10-6-11-27(25)23-29/h1-5,7-9,12-14,23,30,32-33,36,43H,6,10-11,15-22,24H2,(H2,39,46)(H,40,47)/t32-,33?,36?/m0/s1. The minimum atomic E-state index is -0.963. The van der Waals surface area contributed by atoms with Crippen molar-refractivity contribution in [2.24, 2.45) is 11.7 Å². The Morgan fingerprint density at radius 2 is 1.60 bits per heavy atom. The Hall–Kier alpha value is -4.34. The number of nitrogens with one attached hydrogen (secondary N) is 1. The van der Waals surface area contributed by atoms with Crippen LogP contribution in [0.15, 0.2) is 72.8 Å². The van der Waals surface area contributed by atoms with E-state index in [9.17, 15) is 24.3 Å². The van der Waals surface area contributed by atoms with Crippen molar-refractivity contribution < 1.29 is 24.3 Å². The average molecular weight is 637 g/mol. The molecule has 47 heavy (non-hydrogen) atoms. The summed E-state index contributed by atoms with van der Waals surface area (Å²) in [5.41, 5.74) is 11.5. The Kier molecular flexibility index (Phi) is 10.1. The molecule has 0 spiro atoms. The van der Waals surface area contributed by atoms with Gasteiger partial charge in [-0.15, -0.1) is 0 Å². The van der Waals surface area contributed by atoms with Crippen LogP contribution in [0.1, 0.15) is 77.2 Å². The lowest BCUT2D eigenvalue weighted by atomic mass is 9.79. The summed E-state index contributed by atoms with van der Waals surface area (Å²) in [7, 11) is 0. The molecule has 0 radical (unpaired) electrons. The molecule has 9 heteroatoms. The summed E-state index contributed by atoms with van der Waals surface area (Å²) in [6.45, 7) is 2.02. The number of piperidine rings is 1. The molecule has 4 N–H and O–H groups in total. The number of likely N-dealkylation sites (tertiary alicyclic amines) is 1. The predicted octanol–water partition coefficient (Wildman–Crippen LogP) is 4.22. The van der Waals surface area contributed by atoms with Gasteiger partial charge in [-0.1, -0.05) is 60.7 Å². The van der Waals surface area contributed by atoms with Crippen LogP contribution < -0.4 is 11.1 Å². The molecule has 1 aliphatic carbocycles. The molecule has 0 bridgehead atoms. The van der Waals surface area contributed by atoms with Gasteiger partial charge in [0.05, 0.1) is 18.1 Å². The molecule has 2 unspecified atom stereocenters. The quantitative estimate of drug-likeness (QED) is 0.270. The molecule has 2 heterocycles. The van der Waals surface area contributed by atoms with Gasteiger partial charge in [0, 0.05) is 43.6 Å². The zero-order chi connectivity index (χ0) is 32.9. The van der Waals surface area contributed by atoms with E-state index in [2.05, 4.69) is 16.3 Å². The van der Waals surface area contributed by atoms with Crippen molar-refractivity contribution in [1.82, 2.24) is 9.80 Å². The minimum Gasteiger partial charge on any atom is -0.393 e. The molecule has 6 rings (SSSR count). The topological polar surface area (TPSA) is 133 Å². The first-order valence-corrected chi connectivity index (χ1v) is 16.9. The maximum absolute atomic E-state index is 14.5. The molecule has 1 fully saturated rings. The lowest BCUT2D eigenvalue weighted by molar-refractivity contribution is -0.146. The van der Waals surface area contributed by atoms with Crippen molar-refractivity contribution in [3.8, 4) is 0 Å². The van der Waals surface area contributed by atoms with E-state index >= 15 is 0 Å². The molecule has 1 saturated heterocycles. The molecule has 3 amide bonds. The van der Waals surface area contributed by atoms with Crippen LogP contribution in [0.3, 0.4) is 0 Å². The Morgan fingerprint density at radius 3 is 2.36 bits per heavy atom. The molecule has 3 atom stereocenters. The monoisotopic (exact) mass is 636 g/mol. The normalized spacial score (nSPS) is 20.2. The van der Waals surface area contributed by atoms with Crippen LogP contribution >= 0.6 is 0 Å². The number of hydrogen-bond acceptors (Lipinski definition) is 6. The number of nitrogens with two attached hydrogens (primary N) is 1. The summed E-state index contributed by atoms with van der Waals surface area (Å²) < 4.78 is 0. The molecule has 9 nitrogen and oxygen atoms in total. The molecule has 2 aliphatic heterocycles. The first kappa shape index (κ1) is 32.6. The van der Waals surface area contributed by atoms with Gasteiger partial charge in [0.2, 0.25) is 17.7 Å². The number of carbonyl (C=O) groups excluding carboxylic acids is 4. The second kappa shape index (κ2) is 14.6. The number of benzene rings is 3. The third-order valence-corrected chi connectivity index (χ3v) is 10.1. The van der Waals surface area contributed by atoms with E-state index in [0.29, 0.717) is 37.1 Å². The van der Waals surface area contributed by atoms with Crippen LogP contribution in [-0.2, 0) is 33.6 Å². The van der Waals surface area contributed by atoms with Gasteiger partial charge in [0.1, 0.15) is 6.04 Å². The summed E-state index contributed by atoms with van der Waals surface area (Å²) in [6.07, 6.45) is 4.64. The number of aryl methyl sites for hydroxylation is 2. The molecule has 3 aromatic rings. The highest BCUT2D eigenvalue weighted by Crippen LogP contribution is 2.41. The van der Waals surface area contributed by atoms with Gasteiger partial charge in [-0.3, -0.25) is 19.2 Å². The number of hydrogen-bond donors (Lipinski definition) is 3. The number of carbonyl (C=O) groups is 4. The van der Waals surface area contributed by atoms with Crippen molar-refractivity contribution in [3.05, 3.63) is 101 Å². The van der Waals surface area contributed by atoms with Gasteiger partial charge in [-0.2, -0.15) is 0 Å². The number of rotatable bonds is 11. The molecule has 3 aliphatic rings. The van der Waals surface area contributed by atoms with Crippen LogP contribution in [0.5, 0.6) is 0 Å². The van der Waals surface area contributed by atoms with E-state index in [4.69, 9.17) is 5.73 Å². The lowest BCUT2D eigenvalue weighted by Crippen LogP contribution is -2.56. The smallest absolute Gasteiger partial charge is 0.240 e. The van der Waals surface area contributed by atoms with Gasteiger partial charge >= 0.3 is 0 Å². The summed E-state index contributed by atoms with van der Waals surface area (Å²) >= 11 is 0. The van der Waals surface area contributed by atoms with Crippen molar-refractivity contribution in [1.29, 1.82) is 0 Å². The zero-order valence-electron chi connectivity index (χ0n) is 26.8. The van der Waals surface area contributed by atoms with E-state index in [1.54, 1.807) is 24.3 Å². The van der Waals surface area contributed by atoms with Crippen molar-refractivity contribution in [2.75, 3.05) is 25.0 Å². The number of aliphatic hydroxyl groups is 1. The molecule has 0 saturated carbocycles. The first-order valence-electron chi connectivity index (χ1n) is 16.9. The third-order valence-electron chi connectivity index (χ3n) is 10.1. The van der Waals surface area contributed by atoms with Crippen molar-refractivity contribution >= 4 is 29.2 Å². The second-order valence-electron chi connectivity index (χ2n) is 13.2. The van der Waals surface area contributed by atoms with E-state index < -0.39 is 23.9 Å². The number of Topliss-reactive ketones (excluding diaryl/α,β-unsaturated/α-hetero) is 1. The van der Waals surface area contributed by atoms with Crippen LogP contribution in [-0.4, -0.2) is 70.2 Å². The van der Waals surface area contributed by atoms with E-state index in [0.717, 1.165) is 43.5 Å². The molecular weight excluding hydrogens is 592 g/mol. The van der Waals surface area contributed by atoms with Gasteiger partial charge in [0.15, 0.2) is 5.78 Å². The molecular formula is C38H44N4O5. The highest BCUT2D eigenvalue weighted by Gasteiger charge is 2.45. The summed E-state index contributed by atoms with van der Waals surface area (Å²) in [5, 5.41) is 13.2. The number of aliphatic hydroxyl groups excluding tert-OH is 1. The summed E-state index contributed by atoms with van der Waals surface area (Å²) in [6, 6.07) is 20.8. The van der Waals surface area contributed by atoms with Crippen LogP contribution in [0, 0.1) is 5.92 Å². The predicted molar refractivity (Wildman–Crippen MR) is 180 cm³/mol. The number of primary amides is 1. The van der Waals surface area contributed by atoms with E-state index in [1.807, 2.05) is 42.5 Å². The van der Waals surface area contributed by atoms with Crippen molar-refractivity contribution in [2.45, 2.75) is 76.0 Å². The number of amides is 3. The van der Waals surface area contributed by atoms with E-state index in [-0.39, 0.29) is 43.0 Å². The number of nitrogens with zero attached hydrogens (tertiary/aromatic N) is 2. The maximum atomic E-state index is 14.5. The van der Waals surface area contributed by atoms with Crippen LogP contribution in [0.25, 0.3) is 0 Å². The Labute approximate surface area is 276 Å². The Morgan fingerprint density at radius 1 is 0.872 bits per heavy atom. The highest BCUT2D eigenvalue weighted by atomic mass is 16.3. The SMILES string of the molecule is NC(=O)C1Cc2ccccc2C([C@H](CCN2CCC(O)CC2)C(=O)Nc2ccc3c(c2)CCC3)N1C(=O)CCC(=O)c1ccccc1. The summed E-state index contributed by atoms with van der Waals surface area (Å²) in [4.78, 5) is 58.5. The lowest BCUT2D eigenvalue weighted by Gasteiger charge is -2.45. The first-order chi connectivity index (χ1) is 22.8. The zero-order valence-corrected chi connectivity index (χ0v) is 26.8. The average Bonchev–Trinajstić information content (AvgIpc) is 3.56. The minimum absolute atomic E-state index is 0.0265. The number of ketones is 1. The van der Waals surface area contributed by atoms with Gasteiger partial charge in [-0.25, -0.2) is 0 Å². The van der Waals surface area contributed by atoms with Gasteiger partial charge in [-0.05, 0) is 79.5 Å².